The molecule has 0 spiro atoms. The van der Waals surface area contributed by atoms with Gasteiger partial charge in [0.1, 0.15) is 38.4 Å². The van der Waals surface area contributed by atoms with Gasteiger partial charge in [0.25, 0.3) is 0 Å². The van der Waals surface area contributed by atoms with Crippen LogP contribution in [-0.4, -0.2) is 102 Å². The van der Waals surface area contributed by atoms with Crippen molar-refractivity contribution >= 4 is 24.1 Å². The predicted octanol–water partition coefficient (Wildman–Crippen LogP) is 4.20. The van der Waals surface area contributed by atoms with E-state index in [0.29, 0.717) is 0 Å². The van der Waals surface area contributed by atoms with Crippen LogP contribution in [0, 0.1) is 5.41 Å². The fourth-order valence-electron chi connectivity index (χ4n) is 3.99. The Morgan fingerprint density at radius 2 is 1.43 bits per heavy atom. The summed E-state index contributed by atoms with van der Waals surface area (Å²) in [6, 6.07) is 7.83. The maximum atomic E-state index is 13.2. The summed E-state index contributed by atoms with van der Waals surface area (Å²) in [5.74, 6) is -2.41. The number of ether oxygens (including phenoxy) is 7. The van der Waals surface area contributed by atoms with E-state index >= 15 is 0 Å². The van der Waals surface area contributed by atoms with Gasteiger partial charge in [-0.2, -0.15) is 0 Å². The molecular weight excluding hydrogens is 574 g/mol. The molecule has 0 N–H and O–H groups in total. The summed E-state index contributed by atoms with van der Waals surface area (Å²) in [4.78, 5) is 49.7. The predicted molar refractivity (Wildman–Crippen MR) is 161 cm³/mol. The zero-order valence-electron chi connectivity index (χ0n) is 27.7. The Morgan fingerprint density at radius 1 is 0.795 bits per heavy atom. The van der Waals surface area contributed by atoms with Gasteiger partial charge in [-0.1, -0.05) is 44.0 Å². The van der Waals surface area contributed by atoms with E-state index in [-0.39, 0.29) is 19.8 Å². The van der Waals surface area contributed by atoms with E-state index in [2.05, 4.69) is 21.0 Å². The average molecular weight is 627 g/mol. The Labute approximate surface area is 261 Å². The SMILES string of the molecule is CCCCCC[N+](C)(C)Cc1ccc(COC(=O)C(C)(COC(=O)OCCOC)COC(=O)[C@H](C)OC(=O)[C@H](C)OC)cc1. The Hall–Kier alpha value is -3.22. The van der Waals surface area contributed by atoms with Crippen molar-refractivity contribution in [1.82, 2.24) is 0 Å². The van der Waals surface area contributed by atoms with Gasteiger partial charge < -0.3 is 37.6 Å². The molecule has 0 saturated carbocycles. The number of nitrogens with zero attached hydrogens (tertiary/aromatic N) is 1. The van der Waals surface area contributed by atoms with Crippen LogP contribution in [0.2, 0.25) is 0 Å². The number of hydrogen-bond donors (Lipinski definition) is 0. The van der Waals surface area contributed by atoms with Gasteiger partial charge in [-0.3, -0.25) is 4.79 Å². The van der Waals surface area contributed by atoms with Crippen molar-refractivity contribution < 1.29 is 56.8 Å². The van der Waals surface area contributed by atoms with E-state index in [1.54, 1.807) is 0 Å². The van der Waals surface area contributed by atoms with Crippen molar-refractivity contribution in [2.45, 2.75) is 78.7 Å². The van der Waals surface area contributed by atoms with Crippen molar-refractivity contribution in [2.75, 3.05) is 61.3 Å². The second-order valence-electron chi connectivity index (χ2n) is 11.8. The number of unbranched alkanes of at least 4 members (excludes halogenated alkanes) is 3. The van der Waals surface area contributed by atoms with Crippen LogP contribution in [0.25, 0.3) is 0 Å². The van der Waals surface area contributed by atoms with Crippen molar-refractivity contribution in [3.05, 3.63) is 35.4 Å². The topological polar surface area (TPSA) is 133 Å². The van der Waals surface area contributed by atoms with E-state index in [9.17, 15) is 19.2 Å². The highest BCUT2D eigenvalue weighted by atomic mass is 16.7. The maximum absolute atomic E-state index is 13.2. The van der Waals surface area contributed by atoms with Gasteiger partial charge in [-0.15, -0.1) is 0 Å². The van der Waals surface area contributed by atoms with E-state index in [1.807, 2.05) is 24.3 Å². The number of rotatable bonds is 21. The Bertz CT molecular complexity index is 1030. The molecule has 1 rings (SSSR count). The molecule has 250 valence electrons. The number of esters is 3. The third kappa shape index (κ3) is 15.0. The molecule has 1 unspecified atom stereocenters. The normalized spacial score (nSPS) is 14.1. The second-order valence-corrected chi connectivity index (χ2v) is 11.8. The first-order valence-electron chi connectivity index (χ1n) is 15.0. The van der Waals surface area contributed by atoms with Crippen LogP contribution in [0.5, 0.6) is 0 Å². The number of hydrogen-bond acceptors (Lipinski definition) is 11. The van der Waals surface area contributed by atoms with Crippen molar-refractivity contribution in [2.24, 2.45) is 5.41 Å². The second kappa shape index (κ2) is 19.9. The fourth-order valence-corrected chi connectivity index (χ4v) is 3.99. The molecule has 12 nitrogen and oxygen atoms in total. The largest absolute Gasteiger partial charge is 0.508 e. The molecule has 12 heteroatoms. The molecule has 3 atom stereocenters. The average Bonchev–Trinajstić information content (AvgIpc) is 2.99. The van der Waals surface area contributed by atoms with Gasteiger partial charge in [0, 0.05) is 19.8 Å². The van der Waals surface area contributed by atoms with Crippen LogP contribution in [-0.2, 0) is 60.7 Å². The molecule has 0 aliphatic rings. The van der Waals surface area contributed by atoms with Crippen molar-refractivity contribution in [3.8, 4) is 0 Å². The minimum Gasteiger partial charge on any atom is -0.462 e. The standard InChI is InChI=1S/C32H52NO11/c1-9-10-11-12-17-33(5,6)20-26-13-15-27(16-14-26)21-41-30(36)32(4,23-43-31(37)40-19-18-38-7)22-42-28(34)25(3)44-29(35)24(2)39-8/h13-16,24-25H,9-12,17-23H2,1-8H3/q+1/t24-,25-,32?/m0/s1. The minimum atomic E-state index is -1.58. The molecule has 0 radical (unpaired) electrons. The minimum absolute atomic E-state index is 0.0425. The lowest BCUT2D eigenvalue weighted by Crippen LogP contribution is -2.42. The number of quaternary nitrogens is 1. The lowest BCUT2D eigenvalue weighted by Gasteiger charge is -2.30. The zero-order valence-corrected chi connectivity index (χ0v) is 27.7. The highest BCUT2D eigenvalue weighted by Gasteiger charge is 2.39. The van der Waals surface area contributed by atoms with E-state index < -0.39 is 54.9 Å². The summed E-state index contributed by atoms with van der Waals surface area (Å²) in [5.41, 5.74) is 0.355. The monoisotopic (exact) mass is 626 g/mol. The molecular formula is C32H52NO11+. The van der Waals surface area contributed by atoms with Crippen LogP contribution in [0.15, 0.2) is 24.3 Å². The lowest BCUT2D eigenvalue weighted by molar-refractivity contribution is -0.903. The number of benzene rings is 1. The van der Waals surface area contributed by atoms with Gasteiger partial charge in [0.15, 0.2) is 12.2 Å². The van der Waals surface area contributed by atoms with E-state index in [4.69, 9.17) is 33.2 Å². The maximum Gasteiger partial charge on any atom is 0.508 e. The first kappa shape index (κ1) is 38.8. The van der Waals surface area contributed by atoms with Gasteiger partial charge in [0.2, 0.25) is 0 Å². The van der Waals surface area contributed by atoms with Crippen LogP contribution >= 0.6 is 0 Å². The van der Waals surface area contributed by atoms with Gasteiger partial charge in [0.05, 0.1) is 27.2 Å². The summed E-state index contributed by atoms with van der Waals surface area (Å²) in [5, 5.41) is 0. The fraction of sp³-hybridized carbons (Fsp3) is 0.688. The Balaban J connectivity index is 2.84. The molecule has 1 aromatic rings. The third-order valence-corrected chi connectivity index (χ3v) is 6.97. The molecule has 0 aliphatic heterocycles. The summed E-state index contributed by atoms with van der Waals surface area (Å²) < 4.78 is 36.5. The Morgan fingerprint density at radius 3 is 2.05 bits per heavy atom. The summed E-state index contributed by atoms with van der Waals surface area (Å²) in [6.45, 7) is 7.49. The molecule has 0 amide bonds. The Kier molecular flexibility index (Phi) is 17.6. The molecule has 1 aromatic carbocycles. The zero-order chi connectivity index (χ0) is 33.2. The molecule has 44 heavy (non-hydrogen) atoms. The molecule has 0 saturated heterocycles. The summed E-state index contributed by atoms with van der Waals surface area (Å²) in [7, 11) is 7.22. The highest BCUT2D eigenvalue weighted by molar-refractivity contribution is 5.82. The number of carbonyl (C=O) groups excluding carboxylic acids is 4. The summed E-state index contributed by atoms with van der Waals surface area (Å²) in [6.07, 6.45) is 1.73. The first-order valence-corrected chi connectivity index (χ1v) is 15.0. The number of methoxy groups -OCH3 is 2. The van der Waals surface area contributed by atoms with Crippen LogP contribution in [0.1, 0.15) is 64.5 Å². The first-order chi connectivity index (χ1) is 20.8. The van der Waals surface area contributed by atoms with Gasteiger partial charge >= 0.3 is 24.1 Å². The summed E-state index contributed by atoms with van der Waals surface area (Å²) >= 11 is 0. The van der Waals surface area contributed by atoms with E-state index in [1.165, 1.54) is 66.2 Å². The molecule has 0 aliphatic carbocycles. The highest BCUT2D eigenvalue weighted by Crippen LogP contribution is 2.23. The van der Waals surface area contributed by atoms with Gasteiger partial charge in [-0.25, -0.2) is 14.4 Å². The number of carbonyl (C=O) groups is 4. The van der Waals surface area contributed by atoms with Crippen LogP contribution < -0.4 is 0 Å². The molecule has 0 fully saturated rings. The van der Waals surface area contributed by atoms with Crippen LogP contribution in [0.3, 0.4) is 0 Å². The lowest BCUT2D eigenvalue weighted by atomic mass is 9.93. The van der Waals surface area contributed by atoms with E-state index in [0.717, 1.165) is 23.1 Å². The quantitative estimate of drug-likeness (QED) is 0.0841. The molecule has 0 aromatic heterocycles. The van der Waals surface area contributed by atoms with Crippen molar-refractivity contribution in [1.29, 1.82) is 0 Å². The third-order valence-electron chi connectivity index (χ3n) is 6.97. The van der Waals surface area contributed by atoms with Gasteiger partial charge in [-0.05, 0) is 39.2 Å². The van der Waals surface area contributed by atoms with Crippen LogP contribution in [0.4, 0.5) is 4.79 Å². The molecule has 0 bridgehead atoms. The smallest absolute Gasteiger partial charge is 0.462 e. The molecule has 0 heterocycles. The van der Waals surface area contributed by atoms with Crippen molar-refractivity contribution in [3.63, 3.8) is 0 Å².